The predicted molar refractivity (Wildman–Crippen MR) is 114 cm³/mol. The third-order valence-electron chi connectivity index (χ3n) is 4.11. The van der Waals surface area contributed by atoms with Gasteiger partial charge in [-0.3, -0.25) is 4.72 Å². The number of hydrogen-bond acceptors (Lipinski definition) is 10. The molecular weight excluding hydrogens is 436 g/mol. The van der Waals surface area contributed by atoms with Gasteiger partial charge in [-0.2, -0.15) is 0 Å². The van der Waals surface area contributed by atoms with Gasteiger partial charge in [0.25, 0.3) is 10.0 Å². The number of piperazine rings is 1. The Morgan fingerprint density at radius 1 is 1.28 bits per heavy atom. The second-order valence-electron chi connectivity index (χ2n) is 6.16. The number of benzene rings is 1. The number of methoxy groups -OCH3 is 1. The molecule has 0 aliphatic carbocycles. The summed E-state index contributed by atoms with van der Waals surface area (Å²) in [5.41, 5.74) is 0.515. The molecule has 29 heavy (non-hydrogen) atoms. The Morgan fingerprint density at radius 2 is 1.97 bits per heavy atom. The zero-order valence-electron chi connectivity index (χ0n) is 15.8. The van der Waals surface area contributed by atoms with E-state index in [1.165, 1.54) is 25.3 Å². The fourth-order valence-corrected chi connectivity index (χ4v) is 4.21. The van der Waals surface area contributed by atoms with E-state index in [9.17, 15) is 8.42 Å². The van der Waals surface area contributed by atoms with Crippen LogP contribution in [0, 0.1) is 0 Å². The van der Waals surface area contributed by atoms with Crippen LogP contribution in [0.5, 0.6) is 5.95 Å². The van der Waals surface area contributed by atoms with Crippen molar-refractivity contribution in [2.45, 2.75) is 4.90 Å². The molecule has 10 nitrogen and oxygen atoms in total. The summed E-state index contributed by atoms with van der Waals surface area (Å²) < 4.78 is 41.4. The Kier molecular flexibility index (Phi) is 7.05. The lowest BCUT2D eigenvalue weighted by Gasteiger charge is -2.32. The summed E-state index contributed by atoms with van der Waals surface area (Å²) in [6.45, 7) is 3.66. The standard InChI is InChI=1S/C16H20N6O4S3/c1-21-7-9-22(10-8-21)16(27)28-20-17-12-3-5-13(6-4-12)29(23,24)19-14-11-15(25-2)26-18-14/h3-6,11H,7-10H2,1-2H3,(H,18,19). The van der Waals surface area contributed by atoms with Crippen molar-refractivity contribution in [2.75, 3.05) is 45.1 Å². The Balaban J connectivity index is 1.56. The highest BCUT2D eigenvalue weighted by atomic mass is 32.2. The first kappa shape index (κ1) is 21.5. The molecule has 1 fully saturated rings. The molecule has 156 valence electrons. The van der Waals surface area contributed by atoms with Gasteiger partial charge in [0.05, 0.1) is 35.7 Å². The number of likely N-dealkylation sites (N-methyl/N-ethyl adjacent to an activating group) is 1. The van der Waals surface area contributed by atoms with Crippen molar-refractivity contribution in [3.05, 3.63) is 30.3 Å². The lowest BCUT2D eigenvalue weighted by Crippen LogP contribution is -2.45. The van der Waals surface area contributed by atoms with Crippen molar-refractivity contribution >= 4 is 50.0 Å². The first-order chi connectivity index (χ1) is 13.9. The first-order valence-corrected chi connectivity index (χ1v) is 11.2. The Hall–Kier alpha value is -2.22. The van der Waals surface area contributed by atoms with Gasteiger partial charge in [-0.1, -0.05) is 17.4 Å². The molecule has 1 aliphatic rings. The minimum absolute atomic E-state index is 0.0273. The Bertz CT molecular complexity index is 969. The number of sulfonamides is 1. The van der Waals surface area contributed by atoms with Gasteiger partial charge >= 0.3 is 5.95 Å². The average Bonchev–Trinajstić information content (AvgIpc) is 3.15. The molecule has 2 aromatic rings. The molecule has 1 aliphatic heterocycles. The SMILES string of the molecule is COc1cc(NS(=O)(=O)c2ccc(N=NSC(=S)N3CCN(C)CC3)cc2)no1. The molecule has 0 spiro atoms. The van der Waals surface area contributed by atoms with E-state index in [1.54, 1.807) is 12.1 Å². The number of aromatic nitrogens is 1. The molecule has 0 unspecified atom stereocenters. The van der Waals surface area contributed by atoms with Crippen LogP contribution in [0.15, 0.2) is 49.4 Å². The van der Waals surface area contributed by atoms with Crippen molar-refractivity contribution in [1.29, 1.82) is 0 Å². The monoisotopic (exact) mass is 456 g/mol. The van der Waals surface area contributed by atoms with Crippen LogP contribution in [0.4, 0.5) is 11.5 Å². The summed E-state index contributed by atoms with van der Waals surface area (Å²) >= 11 is 6.51. The van der Waals surface area contributed by atoms with Gasteiger partial charge in [0.15, 0.2) is 10.1 Å². The van der Waals surface area contributed by atoms with Gasteiger partial charge < -0.3 is 19.1 Å². The number of anilines is 1. The normalized spacial score (nSPS) is 15.6. The van der Waals surface area contributed by atoms with E-state index < -0.39 is 10.0 Å². The molecule has 13 heteroatoms. The van der Waals surface area contributed by atoms with E-state index in [-0.39, 0.29) is 16.7 Å². The second kappa shape index (κ2) is 9.52. The van der Waals surface area contributed by atoms with E-state index in [0.717, 1.165) is 38.1 Å². The lowest BCUT2D eigenvalue weighted by molar-refractivity contribution is 0.220. The molecular formula is C16H20N6O4S3. The minimum Gasteiger partial charge on any atom is -0.467 e. The fraction of sp³-hybridized carbons (Fsp3) is 0.375. The smallest absolute Gasteiger partial charge is 0.313 e. The zero-order valence-corrected chi connectivity index (χ0v) is 18.3. The van der Waals surface area contributed by atoms with Gasteiger partial charge in [0.1, 0.15) is 0 Å². The molecule has 1 aromatic heterocycles. The fourth-order valence-electron chi connectivity index (χ4n) is 2.44. The molecule has 1 aromatic carbocycles. The molecule has 0 radical (unpaired) electrons. The molecule has 1 N–H and O–H groups in total. The number of ether oxygens (including phenoxy) is 1. The van der Waals surface area contributed by atoms with Crippen molar-refractivity contribution < 1.29 is 17.7 Å². The van der Waals surface area contributed by atoms with Gasteiger partial charge in [0.2, 0.25) is 0 Å². The minimum atomic E-state index is -3.81. The highest BCUT2D eigenvalue weighted by Crippen LogP contribution is 2.23. The molecule has 2 heterocycles. The third kappa shape index (κ3) is 5.88. The van der Waals surface area contributed by atoms with E-state index in [4.69, 9.17) is 21.5 Å². The van der Waals surface area contributed by atoms with Crippen LogP contribution in [0.3, 0.4) is 0 Å². The van der Waals surface area contributed by atoms with Crippen molar-refractivity contribution in [1.82, 2.24) is 15.0 Å². The summed E-state index contributed by atoms with van der Waals surface area (Å²) in [7, 11) is -0.345. The first-order valence-electron chi connectivity index (χ1n) is 8.56. The molecule has 0 amide bonds. The quantitative estimate of drug-likeness (QED) is 0.398. The zero-order chi connectivity index (χ0) is 20.9. The largest absolute Gasteiger partial charge is 0.467 e. The van der Waals surface area contributed by atoms with E-state index >= 15 is 0 Å². The highest BCUT2D eigenvalue weighted by molar-refractivity contribution is 8.21. The Labute approximate surface area is 178 Å². The number of hydrogen-bond donors (Lipinski definition) is 1. The number of nitrogens with one attached hydrogen (secondary N) is 1. The maximum Gasteiger partial charge on any atom is 0.313 e. The van der Waals surface area contributed by atoms with E-state index in [1.807, 2.05) is 0 Å². The van der Waals surface area contributed by atoms with Crippen LogP contribution in [-0.4, -0.2) is 68.0 Å². The van der Waals surface area contributed by atoms with E-state index in [2.05, 4.69) is 36.4 Å². The van der Waals surface area contributed by atoms with Gasteiger partial charge in [0, 0.05) is 26.2 Å². The van der Waals surface area contributed by atoms with Crippen LogP contribution >= 0.6 is 24.2 Å². The van der Waals surface area contributed by atoms with E-state index in [0.29, 0.717) is 10.0 Å². The number of thiocarbonyl (C=S) groups is 1. The molecule has 1 saturated heterocycles. The third-order valence-corrected chi connectivity index (χ3v) is 6.54. The van der Waals surface area contributed by atoms with Crippen molar-refractivity contribution in [3.63, 3.8) is 0 Å². The molecule has 3 rings (SSSR count). The molecule has 0 atom stereocenters. The lowest BCUT2D eigenvalue weighted by atomic mass is 10.3. The highest BCUT2D eigenvalue weighted by Gasteiger charge is 2.18. The molecule has 0 bridgehead atoms. The summed E-state index contributed by atoms with van der Waals surface area (Å²) in [5, 5.41) is 7.65. The van der Waals surface area contributed by atoms with Crippen LogP contribution in [0.1, 0.15) is 0 Å². The summed E-state index contributed by atoms with van der Waals surface area (Å²) in [6, 6.07) is 7.30. The maximum absolute atomic E-state index is 12.4. The summed E-state index contributed by atoms with van der Waals surface area (Å²) in [4.78, 5) is 4.40. The van der Waals surface area contributed by atoms with Gasteiger partial charge in [-0.05, 0) is 31.3 Å². The summed E-state index contributed by atoms with van der Waals surface area (Å²) in [5.74, 6) is 0.130. The number of nitrogens with zero attached hydrogens (tertiary/aromatic N) is 5. The molecule has 0 saturated carbocycles. The predicted octanol–water partition coefficient (Wildman–Crippen LogP) is 2.75. The Morgan fingerprint density at radius 3 is 2.59 bits per heavy atom. The van der Waals surface area contributed by atoms with Crippen LogP contribution in [0.2, 0.25) is 0 Å². The maximum atomic E-state index is 12.4. The van der Waals surface area contributed by atoms with Crippen molar-refractivity contribution in [3.8, 4) is 5.95 Å². The number of rotatable bonds is 6. The van der Waals surface area contributed by atoms with Crippen LogP contribution in [-0.2, 0) is 10.0 Å². The van der Waals surface area contributed by atoms with Crippen LogP contribution < -0.4 is 9.46 Å². The average molecular weight is 457 g/mol. The van der Waals surface area contributed by atoms with Crippen LogP contribution in [0.25, 0.3) is 0 Å². The second-order valence-corrected chi connectivity index (χ2v) is 9.22. The van der Waals surface area contributed by atoms with Gasteiger partial charge in [-0.25, -0.2) is 8.42 Å². The topological polar surface area (TPSA) is 113 Å². The van der Waals surface area contributed by atoms with Crippen molar-refractivity contribution in [2.24, 2.45) is 9.63 Å². The van der Waals surface area contributed by atoms with Gasteiger partial charge in [-0.15, -0.1) is 9.63 Å². The summed E-state index contributed by atoms with van der Waals surface area (Å²) in [6.07, 6.45) is 0.